The number of benzene rings is 2. The number of aryl methyl sites for hydroxylation is 2. The first-order valence-electron chi connectivity index (χ1n) is 13.2. The highest BCUT2D eigenvalue weighted by Gasteiger charge is 2.28. The molecule has 8 heteroatoms. The summed E-state index contributed by atoms with van der Waals surface area (Å²) < 4.78 is 26.4. The first-order valence-corrected chi connectivity index (χ1v) is 15.1. The third kappa shape index (κ3) is 9.50. The molecule has 1 unspecified atom stereocenters. The summed E-state index contributed by atoms with van der Waals surface area (Å²) in [7, 11) is -3.51. The summed E-state index contributed by atoms with van der Waals surface area (Å²) in [6.07, 6.45) is 4.72. The second kappa shape index (κ2) is 14.8. The molecule has 0 saturated heterocycles. The summed E-state index contributed by atoms with van der Waals surface area (Å²) in [5.74, 6) is -0.271. The molecule has 2 rings (SSSR count). The predicted molar refractivity (Wildman–Crippen MR) is 151 cm³/mol. The summed E-state index contributed by atoms with van der Waals surface area (Å²) in [5.41, 5.74) is 3.79. The highest BCUT2D eigenvalue weighted by atomic mass is 32.2. The smallest absolute Gasteiger partial charge is 0.242 e. The molecule has 0 aliphatic rings. The number of amides is 2. The van der Waals surface area contributed by atoms with Crippen molar-refractivity contribution in [2.75, 3.05) is 30.2 Å². The Labute approximate surface area is 223 Å². The number of hydrogen-bond donors (Lipinski definition) is 1. The number of nitrogens with one attached hydrogen (secondary N) is 1. The van der Waals surface area contributed by atoms with Gasteiger partial charge in [0.2, 0.25) is 21.8 Å². The van der Waals surface area contributed by atoms with Crippen molar-refractivity contribution in [2.24, 2.45) is 0 Å². The van der Waals surface area contributed by atoms with E-state index in [-0.39, 0.29) is 24.8 Å². The van der Waals surface area contributed by atoms with Crippen molar-refractivity contribution in [3.05, 3.63) is 65.2 Å². The van der Waals surface area contributed by atoms with E-state index in [1.165, 1.54) is 10.6 Å². The van der Waals surface area contributed by atoms with Gasteiger partial charge in [0.05, 0.1) is 11.9 Å². The van der Waals surface area contributed by atoms with Gasteiger partial charge in [0.15, 0.2) is 0 Å². The zero-order chi connectivity index (χ0) is 27.4. The maximum absolute atomic E-state index is 13.4. The van der Waals surface area contributed by atoms with Gasteiger partial charge in [-0.1, -0.05) is 56.7 Å². The van der Waals surface area contributed by atoms with Crippen LogP contribution in [0.3, 0.4) is 0 Å². The van der Waals surface area contributed by atoms with Gasteiger partial charge in [-0.2, -0.15) is 0 Å². The highest BCUT2D eigenvalue weighted by Crippen LogP contribution is 2.22. The fourth-order valence-electron chi connectivity index (χ4n) is 4.29. The lowest BCUT2D eigenvalue weighted by molar-refractivity contribution is -0.140. The molecule has 0 saturated carbocycles. The number of sulfonamides is 1. The number of hydrogen-bond acceptors (Lipinski definition) is 4. The molecule has 0 aliphatic heterocycles. The Morgan fingerprint density at radius 2 is 1.65 bits per heavy atom. The number of nitrogens with zero attached hydrogens (tertiary/aromatic N) is 2. The van der Waals surface area contributed by atoms with Crippen LogP contribution in [-0.2, 0) is 26.0 Å². The predicted octanol–water partition coefficient (Wildman–Crippen LogP) is 4.62. The van der Waals surface area contributed by atoms with Gasteiger partial charge in [-0.3, -0.25) is 13.9 Å². The van der Waals surface area contributed by atoms with Crippen LogP contribution in [0.25, 0.3) is 0 Å². The molecule has 1 N–H and O–H groups in total. The van der Waals surface area contributed by atoms with Crippen LogP contribution in [-0.4, -0.2) is 57.1 Å². The van der Waals surface area contributed by atoms with Crippen molar-refractivity contribution in [3.63, 3.8) is 0 Å². The molecule has 0 fully saturated rings. The number of rotatable bonds is 15. The molecule has 0 aliphatic carbocycles. The summed E-state index contributed by atoms with van der Waals surface area (Å²) in [6, 6.07) is 14.9. The molecule has 1 atom stereocenters. The van der Waals surface area contributed by atoms with Crippen molar-refractivity contribution in [2.45, 2.75) is 72.3 Å². The minimum atomic E-state index is -3.51. The van der Waals surface area contributed by atoms with Crippen LogP contribution >= 0.6 is 0 Å². The Bertz CT molecular complexity index is 1120. The van der Waals surface area contributed by atoms with Crippen molar-refractivity contribution in [1.82, 2.24) is 10.2 Å². The van der Waals surface area contributed by atoms with Crippen LogP contribution in [0.2, 0.25) is 0 Å². The first-order chi connectivity index (χ1) is 17.6. The lowest BCUT2D eigenvalue weighted by Crippen LogP contribution is -2.50. The average Bonchev–Trinajstić information content (AvgIpc) is 2.86. The van der Waals surface area contributed by atoms with Crippen molar-refractivity contribution in [1.29, 1.82) is 0 Å². The van der Waals surface area contributed by atoms with Crippen LogP contribution in [0.15, 0.2) is 48.5 Å². The van der Waals surface area contributed by atoms with Crippen molar-refractivity contribution < 1.29 is 18.0 Å². The highest BCUT2D eigenvalue weighted by molar-refractivity contribution is 7.92. The molecule has 0 heterocycles. The minimum Gasteiger partial charge on any atom is -0.354 e. The average molecular weight is 530 g/mol. The third-order valence-corrected chi connectivity index (χ3v) is 7.82. The molecule has 204 valence electrons. The van der Waals surface area contributed by atoms with Gasteiger partial charge in [-0.15, -0.1) is 0 Å². The van der Waals surface area contributed by atoms with Crippen molar-refractivity contribution >= 4 is 27.5 Å². The van der Waals surface area contributed by atoms with Crippen LogP contribution in [0, 0.1) is 13.8 Å². The van der Waals surface area contributed by atoms with Crippen LogP contribution in [0.4, 0.5) is 5.69 Å². The van der Waals surface area contributed by atoms with E-state index in [1.54, 1.807) is 11.0 Å². The third-order valence-electron chi connectivity index (χ3n) is 6.63. The topological polar surface area (TPSA) is 86.8 Å². The van der Waals surface area contributed by atoms with Gasteiger partial charge in [0, 0.05) is 26.1 Å². The van der Waals surface area contributed by atoms with Crippen molar-refractivity contribution in [3.8, 4) is 0 Å². The monoisotopic (exact) mass is 529 g/mol. The molecule has 0 radical (unpaired) electrons. The zero-order valence-corrected chi connectivity index (χ0v) is 23.8. The Morgan fingerprint density at radius 3 is 2.24 bits per heavy atom. The Balaban J connectivity index is 2.15. The molecule has 2 aromatic rings. The summed E-state index contributed by atoms with van der Waals surface area (Å²) in [6.45, 7) is 9.12. The molecule has 2 aromatic carbocycles. The van der Waals surface area contributed by atoms with Gasteiger partial charge < -0.3 is 10.2 Å². The van der Waals surface area contributed by atoms with E-state index in [2.05, 4.69) is 12.2 Å². The Morgan fingerprint density at radius 1 is 0.946 bits per heavy atom. The Kier molecular flexibility index (Phi) is 12.1. The minimum absolute atomic E-state index is 0.134. The largest absolute Gasteiger partial charge is 0.354 e. The molecule has 0 bridgehead atoms. The fraction of sp³-hybridized carbons (Fsp3) is 0.517. The lowest BCUT2D eigenvalue weighted by atomic mass is 10.1. The van der Waals surface area contributed by atoms with Crippen LogP contribution in [0.1, 0.15) is 62.6 Å². The van der Waals surface area contributed by atoms with E-state index in [0.29, 0.717) is 38.0 Å². The van der Waals surface area contributed by atoms with E-state index in [9.17, 15) is 18.0 Å². The van der Waals surface area contributed by atoms with E-state index < -0.39 is 16.1 Å². The number of carbonyl (C=O) groups is 2. The maximum Gasteiger partial charge on any atom is 0.242 e. The standard InChI is InChI=1S/C29H43N3O4S/c1-6-8-19-30-29(34)27(7-2)31(21-18-25-13-10-9-11-14-25)28(33)15-12-20-32(37(5,35)36)26-17-16-23(3)24(4)22-26/h9-11,13-14,16-17,22,27H,6-8,12,15,18-21H2,1-5H3,(H,30,34). The Hall–Kier alpha value is -2.87. The van der Waals surface area contributed by atoms with Gasteiger partial charge in [0.25, 0.3) is 0 Å². The molecular formula is C29H43N3O4S. The van der Waals surface area contributed by atoms with Crippen LogP contribution in [0.5, 0.6) is 0 Å². The van der Waals surface area contributed by atoms with Gasteiger partial charge >= 0.3 is 0 Å². The second-order valence-corrected chi connectivity index (χ2v) is 11.5. The van der Waals surface area contributed by atoms with E-state index in [0.717, 1.165) is 29.5 Å². The van der Waals surface area contributed by atoms with E-state index in [4.69, 9.17) is 0 Å². The molecule has 2 amide bonds. The van der Waals surface area contributed by atoms with E-state index >= 15 is 0 Å². The normalized spacial score (nSPS) is 12.1. The van der Waals surface area contributed by atoms with Crippen LogP contribution < -0.4 is 9.62 Å². The van der Waals surface area contributed by atoms with E-state index in [1.807, 2.05) is 63.2 Å². The summed E-state index contributed by atoms with van der Waals surface area (Å²) in [5, 5.41) is 2.97. The van der Waals surface area contributed by atoms with Gasteiger partial charge in [-0.05, 0) is 68.4 Å². The fourth-order valence-corrected chi connectivity index (χ4v) is 5.24. The molecule has 0 spiro atoms. The number of anilines is 1. The SMILES string of the molecule is CCCCNC(=O)C(CC)N(CCc1ccccc1)C(=O)CCCN(c1ccc(C)c(C)c1)S(C)(=O)=O. The summed E-state index contributed by atoms with van der Waals surface area (Å²) in [4.78, 5) is 28.1. The maximum atomic E-state index is 13.4. The molecule has 0 aromatic heterocycles. The first kappa shape index (κ1) is 30.4. The van der Waals surface area contributed by atoms with Gasteiger partial charge in [-0.25, -0.2) is 8.42 Å². The molecule has 7 nitrogen and oxygen atoms in total. The lowest BCUT2D eigenvalue weighted by Gasteiger charge is -2.31. The number of unbranched alkanes of at least 4 members (excludes halogenated alkanes) is 1. The van der Waals surface area contributed by atoms with Gasteiger partial charge in [0.1, 0.15) is 6.04 Å². The number of carbonyl (C=O) groups excluding carboxylic acids is 2. The quantitative estimate of drug-likeness (QED) is 0.341. The molecular weight excluding hydrogens is 486 g/mol. The molecule has 37 heavy (non-hydrogen) atoms. The second-order valence-electron chi connectivity index (χ2n) is 9.60. The zero-order valence-electron chi connectivity index (χ0n) is 23.0. The summed E-state index contributed by atoms with van der Waals surface area (Å²) >= 11 is 0.